The van der Waals surface area contributed by atoms with E-state index in [4.69, 9.17) is 22.1 Å². The number of hydrogen-bond acceptors (Lipinski definition) is 4. The molecule has 0 spiro atoms. The molecule has 0 saturated heterocycles. The molecule has 7 heteroatoms. The largest absolute Gasteiger partial charge is 0.444 e. The molecule has 0 aliphatic heterocycles. The Hall–Kier alpha value is -1.95. The summed E-state index contributed by atoms with van der Waals surface area (Å²) in [6, 6.07) is 4.05. The van der Waals surface area contributed by atoms with Crippen LogP contribution in [0.4, 0.5) is 16.2 Å². The molecule has 0 heterocycles. The topological polar surface area (TPSA) is 93.4 Å². The van der Waals surface area contributed by atoms with Crippen molar-refractivity contribution in [2.24, 2.45) is 0 Å². The third kappa shape index (κ3) is 5.81. The molecule has 122 valence electrons. The molecule has 0 fully saturated rings. The standard InChI is InChI=1S/C15H22ClN3O3/c1-5-11(19-14(21)22-15(2,3)4)13(20)18-12-7-6-9(16)8-10(12)17/h6-8,11H,5,17H2,1-4H3,(H,18,20)(H,19,21)/t11-/m0/s1. The second-order valence-corrected chi connectivity index (χ2v) is 6.26. The van der Waals surface area contributed by atoms with Crippen LogP contribution >= 0.6 is 11.6 Å². The van der Waals surface area contributed by atoms with E-state index in [9.17, 15) is 9.59 Å². The van der Waals surface area contributed by atoms with Crippen molar-refractivity contribution in [1.29, 1.82) is 0 Å². The third-order valence-corrected chi connectivity index (χ3v) is 2.92. The maximum atomic E-state index is 12.2. The number of rotatable bonds is 4. The SMILES string of the molecule is CC[C@H](NC(=O)OC(C)(C)C)C(=O)Nc1ccc(Cl)cc1N. The number of carbonyl (C=O) groups excluding carboxylic acids is 2. The van der Waals surface area contributed by atoms with E-state index < -0.39 is 17.7 Å². The molecule has 4 N–H and O–H groups in total. The van der Waals surface area contributed by atoms with Gasteiger partial charge in [-0.25, -0.2) is 4.79 Å². The van der Waals surface area contributed by atoms with Crippen molar-refractivity contribution >= 4 is 35.0 Å². The quantitative estimate of drug-likeness (QED) is 0.740. The number of nitrogen functional groups attached to an aromatic ring is 1. The molecule has 1 rings (SSSR count). The average Bonchev–Trinajstić information content (AvgIpc) is 2.37. The minimum atomic E-state index is -0.718. The van der Waals surface area contributed by atoms with Crippen molar-refractivity contribution in [3.63, 3.8) is 0 Å². The molecule has 1 aromatic rings. The van der Waals surface area contributed by atoms with Gasteiger partial charge in [-0.15, -0.1) is 0 Å². The molecule has 0 aliphatic rings. The highest BCUT2D eigenvalue weighted by Gasteiger charge is 2.23. The lowest BCUT2D eigenvalue weighted by Gasteiger charge is -2.23. The van der Waals surface area contributed by atoms with Gasteiger partial charge in [0, 0.05) is 5.02 Å². The monoisotopic (exact) mass is 327 g/mol. The molecule has 0 radical (unpaired) electrons. The number of nitrogens with one attached hydrogen (secondary N) is 2. The molecule has 1 aromatic carbocycles. The average molecular weight is 328 g/mol. The third-order valence-electron chi connectivity index (χ3n) is 2.69. The number of nitrogens with two attached hydrogens (primary N) is 1. The van der Waals surface area contributed by atoms with Gasteiger partial charge in [0.25, 0.3) is 0 Å². The van der Waals surface area contributed by atoms with Gasteiger partial charge in [0.05, 0.1) is 11.4 Å². The Morgan fingerprint density at radius 2 is 2.00 bits per heavy atom. The minimum absolute atomic E-state index is 0.355. The number of benzene rings is 1. The summed E-state index contributed by atoms with van der Waals surface area (Å²) >= 11 is 5.81. The Morgan fingerprint density at radius 3 is 2.50 bits per heavy atom. The van der Waals surface area contributed by atoms with Crippen LogP contribution < -0.4 is 16.4 Å². The Labute approximate surface area is 135 Å². The molecule has 2 amide bonds. The van der Waals surface area contributed by atoms with Crippen LogP contribution in [0.3, 0.4) is 0 Å². The molecule has 0 bridgehead atoms. The Morgan fingerprint density at radius 1 is 1.36 bits per heavy atom. The first-order valence-corrected chi connectivity index (χ1v) is 7.35. The lowest BCUT2D eigenvalue weighted by Crippen LogP contribution is -2.45. The summed E-state index contributed by atoms with van der Waals surface area (Å²) in [4.78, 5) is 24.0. The Bertz CT molecular complexity index is 555. The van der Waals surface area contributed by atoms with Crippen molar-refractivity contribution in [3.05, 3.63) is 23.2 Å². The highest BCUT2D eigenvalue weighted by atomic mass is 35.5. The molecule has 0 saturated carbocycles. The van der Waals surface area contributed by atoms with Gasteiger partial charge in [-0.05, 0) is 45.4 Å². The molecule has 0 aliphatic carbocycles. The van der Waals surface area contributed by atoms with E-state index in [1.54, 1.807) is 45.9 Å². The summed E-state index contributed by atoms with van der Waals surface area (Å²) in [5.74, 6) is -0.373. The van der Waals surface area contributed by atoms with Gasteiger partial charge in [-0.1, -0.05) is 18.5 Å². The lowest BCUT2D eigenvalue weighted by atomic mass is 10.2. The maximum Gasteiger partial charge on any atom is 0.408 e. The van der Waals surface area contributed by atoms with Crippen molar-refractivity contribution in [3.8, 4) is 0 Å². The van der Waals surface area contributed by atoms with Gasteiger partial charge >= 0.3 is 6.09 Å². The predicted molar refractivity (Wildman–Crippen MR) is 87.9 cm³/mol. The summed E-state index contributed by atoms with van der Waals surface area (Å²) in [6.45, 7) is 7.04. The van der Waals surface area contributed by atoms with Crippen LogP contribution in [-0.2, 0) is 9.53 Å². The minimum Gasteiger partial charge on any atom is -0.444 e. The second kappa shape index (κ2) is 7.35. The van der Waals surface area contributed by atoms with E-state index in [-0.39, 0.29) is 5.91 Å². The fourth-order valence-corrected chi connectivity index (χ4v) is 1.85. The first-order valence-electron chi connectivity index (χ1n) is 6.97. The van der Waals surface area contributed by atoms with Gasteiger partial charge in [-0.2, -0.15) is 0 Å². The first-order chi connectivity index (χ1) is 10.1. The molecular formula is C15H22ClN3O3. The van der Waals surface area contributed by atoms with Gasteiger partial charge in [0.15, 0.2) is 0 Å². The molecule has 0 aromatic heterocycles. The number of hydrogen-bond donors (Lipinski definition) is 3. The smallest absolute Gasteiger partial charge is 0.408 e. The first kappa shape index (κ1) is 18.1. The summed E-state index contributed by atoms with van der Waals surface area (Å²) in [5, 5.41) is 5.68. The summed E-state index contributed by atoms with van der Waals surface area (Å²) in [6.07, 6.45) is -0.225. The van der Waals surface area contributed by atoms with E-state index in [1.807, 2.05) is 0 Å². The molecule has 6 nitrogen and oxygen atoms in total. The van der Waals surface area contributed by atoms with Crippen LogP contribution in [-0.4, -0.2) is 23.6 Å². The highest BCUT2D eigenvalue weighted by Crippen LogP contribution is 2.22. The van der Waals surface area contributed by atoms with Crippen LogP contribution in [0.5, 0.6) is 0 Å². The Kier molecular flexibility index (Phi) is 6.05. The maximum absolute atomic E-state index is 12.2. The molecule has 22 heavy (non-hydrogen) atoms. The lowest BCUT2D eigenvalue weighted by molar-refractivity contribution is -0.118. The van der Waals surface area contributed by atoms with Gasteiger partial charge in [0.1, 0.15) is 11.6 Å². The number of anilines is 2. The van der Waals surface area contributed by atoms with Crippen LogP contribution in [0.15, 0.2) is 18.2 Å². The fraction of sp³-hybridized carbons (Fsp3) is 0.467. The van der Waals surface area contributed by atoms with Gasteiger partial charge in [0.2, 0.25) is 5.91 Å². The number of ether oxygens (including phenoxy) is 1. The number of amides is 2. The van der Waals surface area contributed by atoms with Gasteiger partial charge in [-0.3, -0.25) is 4.79 Å². The van der Waals surface area contributed by atoms with Crippen LogP contribution in [0.25, 0.3) is 0 Å². The number of halogens is 1. The zero-order valence-corrected chi connectivity index (χ0v) is 14.0. The zero-order chi connectivity index (χ0) is 16.9. The fourth-order valence-electron chi connectivity index (χ4n) is 1.67. The zero-order valence-electron chi connectivity index (χ0n) is 13.2. The number of alkyl carbamates (subject to hydrolysis) is 1. The van der Waals surface area contributed by atoms with Crippen LogP contribution in [0.2, 0.25) is 5.02 Å². The van der Waals surface area contributed by atoms with E-state index in [1.165, 1.54) is 0 Å². The van der Waals surface area contributed by atoms with Crippen molar-refractivity contribution in [2.45, 2.75) is 45.8 Å². The van der Waals surface area contributed by atoms with Crippen LogP contribution in [0, 0.1) is 0 Å². The molecule has 1 atom stereocenters. The predicted octanol–water partition coefficient (Wildman–Crippen LogP) is 3.16. The van der Waals surface area contributed by atoms with Crippen molar-refractivity contribution in [2.75, 3.05) is 11.1 Å². The van der Waals surface area contributed by atoms with Gasteiger partial charge < -0.3 is 21.1 Å². The normalized spacial score (nSPS) is 12.4. The van der Waals surface area contributed by atoms with Crippen molar-refractivity contribution < 1.29 is 14.3 Å². The van der Waals surface area contributed by atoms with E-state index in [0.717, 1.165) is 0 Å². The van der Waals surface area contributed by atoms with E-state index in [2.05, 4.69) is 10.6 Å². The summed E-state index contributed by atoms with van der Waals surface area (Å²) < 4.78 is 5.14. The number of carbonyl (C=O) groups is 2. The second-order valence-electron chi connectivity index (χ2n) is 5.83. The van der Waals surface area contributed by atoms with Crippen LogP contribution in [0.1, 0.15) is 34.1 Å². The molecule has 0 unspecified atom stereocenters. The van der Waals surface area contributed by atoms with E-state index >= 15 is 0 Å². The summed E-state index contributed by atoms with van der Waals surface area (Å²) in [5.41, 5.74) is 5.96. The van der Waals surface area contributed by atoms with E-state index in [0.29, 0.717) is 22.8 Å². The highest BCUT2D eigenvalue weighted by molar-refractivity contribution is 6.31. The molecular weight excluding hydrogens is 306 g/mol. The van der Waals surface area contributed by atoms with Crippen molar-refractivity contribution in [1.82, 2.24) is 5.32 Å². The summed E-state index contributed by atoms with van der Waals surface area (Å²) in [7, 11) is 0. The Balaban J connectivity index is 2.70.